The minimum atomic E-state index is -0.901. The van der Waals surface area contributed by atoms with E-state index in [1.165, 1.54) is 6.07 Å². The van der Waals surface area contributed by atoms with E-state index in [9.17, 15) is 19.5 Å². The number of anilines is 1. The van der Waals surface area contributed by atoms with Crippen LogP contribution in [0.25, 0.3) is 0 Å². The maximum absolute atomic E-state index is 12.1. The van der Waals surface area contributed by atoms with Crippen molar-refractivity contribution in [1.82, 2.24) is 5.32 Å². The van der Waals surface area contributed by atoms with Crippen LogP contribution in [0.3, 0.4) is 0 Å². The number of hydrogen-bond acceptors (Lipinski definition) is 7. The molecule has 0 aliphatic rings. The summed E-state index contributed by atoms with van der Waals surface area (Å²) in [5.41, 5.74) is 7.05. The van der Waals surface area contributed by atoms with Crippen LogP contribution in [-0.4, -0.2) is 67.0 Å². The van der Waals surface area contributed by atoms with Gasteiger partial charge in [0.2, 0.25) is 5.91 Å². The van der Waals surface area contributed by atoms with Gasteiger partial charge in [-0.05, 0) is 36.5 Å². The molecule has 1 aromatic rings. The normalized spacial score (nSPS) is 12.4. The fourth-order valence-electron chi connectivity index (χ4n) is 2.74. The summed E-state index contributed by atoms with van der Waals surface area (Å²) in [7, 11) is 0. The lowest BCUT2D eigenvalue weighted by Crippen LogP contribution is -2.28. The number of aromatic hydroxyl groups is 1. The highest BCUT2D eigenvalue weighted by Gasteiger charge is 2.16. The second-order valence-electron chi connectivity index (χ2n) is 7.21. The summed E-state index contributed by atoms with van der Waals surface area (Å²) >= 11 is 0. The first-order valence-electron chi connectivity index (χ1n) is 10.2. The molecule has 2 atom stereocenters. The Hall–Kier alpha value is -3.13. The third-order valence-corrected chi connectivity index (χ3v) is 4.42. The molecule has 10 nitrogen and oxygen atoms in total. The largest absolute Gasteiger partial charge is 0.506 e. The molecule has 0 aliphatic carbocycles. The van der Waals surface area contributed by atoms with E-state index >= 15 is 0 Å². The Bertz CT molecular complexity index is 807. The van der Waals surface area contributed by atoms with Crippen molar-refractivity contribution in [2.45, 2.75) is 32.2 Å². The molecule has 176 valence electrons. The van der Waals surface area contributed by atoms with Gasteiger partial charge in [-0.15, -0.1) is 6.42 Å². The van der Waals surface area contributed by atoms with Crippen LogP contribution < -0.4 is 16.4 Å². The van der Waals surface area contributed by atoms with Gasteiger partial charge in [0.15, 0.2) is 0 Å². The van der Waals surface area contributed by atoms with Crippen molar-refractivity contribution in [2.24, 2.45) is 11.7 Å². The van der Waals surface area contributed by atoms with Gasteiger partial charge in [0, 0.05) is 12.6 Å². The highest BCUT2D eigenvalue weighted by molar-refractivity contribution is 5.93. The molecule has 0 spiro atoms. The van der Waals surface area contributed by atoms with E-state index in [4.69, 9.17) is 26.7 Å². The van der Waals surface area contributed by atoms with Crippen LogP contribution >= 0.6 is 0 Å². The fraction of sp³-hybridized carbons (Fsp3) is 0.500. The fourth-order valence-corrected chi connectivity index (χ4v) is 2.74. The van der Waals surface area contributed by atoms with E-state index in [1.54, 1.807) is 19.1 Å². The summed E-state index contributed by atoms with van der Waals surface area (Å²) in [6.45, 7) is 2.95. The van der Waals surface area contributed by atoms with Gasteiger partial charge in [0.05, 0.1) is 44.5 Å². The van der Waals surface area contributed by atoms with E-state index in [0.717, 1.165) is 5.56 Å². The van der Waals surface area contributed by atoms with Gasteiger partial charge in [-0.1, -0.05) is 13.0 Å². The van der Waals surface area contributed by atoms with Crippen LogP contribution in [0.5, 0.6) is 5.75 Å². The molecule has 1 rings (SSSR count). The second-order valence-corrected chi connectivity index (χ2v) is 7.21. The van der Waals surface area contributed by atoms with Crippen molar-refractivity contribution in [3.63, 3.8) is 0 Å². The topological polar surface area (TPSA) is 160 Å². The molecule has 0 fully saturated rings. The van der Waals surface area contributed by atoms with E-state index in [2.05, 4.69) is 10.6 Å². The third-order valence-electron chi connectivity index (χ3n) is 4.42. The Kier molecular flexibility index (Phi) is 12.4. The van der Waals surface area contributed by atoms with E-state index in [-0.39, 0.29) is 43.0 Å². The monoisotopic (exact) mass is 449 g/mol. The first-order valence-corrected chi connectivity index (χ1v) is 10.2. The predicted octanol–water partition coefficient (Wildman–Crippen LogP) is 0.484. The van der Waals surface area contributed by atoms with Crippen LogP contribution in [0.1, 0.15) is 25.3 Å². The number of nitrogens with one attached hydrogen (secondary N) is 2. The molecule has 2 amide bonds. The van der Waals surface area contributed by atoms with Crippen LogP contribution in [0.4, 0.5) is 5.69 Å². The summed E-state index contributed by atoms with van der Waals surface area (Å²) in [5, 5.41) is 24.1. The first kappa shape index (κ1) is 26.9. The number of carbonyl (C=O) groups is 3. The molecule has 1 aromatic carbocycles. The lowest BCUT2D eigenvalue weighted by Gasteiger charge is -2.15. The molecule has 0 aliphatic heterocycles. The molecule has 10 heteroatoms. The average molecular weight is 450 g/mol. The Morgan fingerprint density at radius 3 is 2.53 bits per heavy atom. The highest BCUT2D eigenvalue weighted by atomic mass is 16.5. The first-order chi connectivity index (χ1) is 15.2. The number of ether oxygens (including phenoxy) is 2. The number of carboxylic acids is 1. The molecule has 0 heterocycles. The predicted molar refractivity (Wildman–Crippen MR) is 118 cm³/mol. The molecule has 0 bridgehead atoms. The van der Waals surface area contributed by atoms with Crippen molar-refractivity contribution < 1.29 is 34.1 Å². The summed E-state index contributed by atoms with van der Waals surface area (Å²) in [4.78, 5) is 33.9. The lowest BCUT2D eigenvalue weighted by molar-refractivity contribution is -0.141. The molecule has 0 saturated heterocycles. The molecule has 32 heavy (non-hydrogen) atoms. The van der Waals surface area contributed by atoms with E-state index in [1.807, 2.05) is 5.92 Å². The summed E-state index contributed by atoms with van der Waals surface area (Å²) in [6, 6.07) is 4.39. The number of aliphatic carboxylic acids is 1. The van der Waals surface area contributed by atoms with Crippen LogP contribution in [0.15, 0.2) is 18.2 Å². The summed E-state index contributed by atoms with van der Waals surface area (Å²) in [6.07, 6.45) is 5.72. The van der Waals surface area contributed by atoms with Crippen LogP contribution in [0, 0.1) is 18.3 Å². The number of hydrogen-bond donors (Lipinski definition) is 5. The number of nitrogens with two attached hydrogens (primary N) is 1. The van der Waals surface area contributed by atoms with Crippen molar-refractivity contribution in [3.8, 4) is 18.1 Å². The summed E-state index contributed by atoms with van der Waals surface area (Å²) in [5.74, 6) is -0.442. The Morgan fingerprint density at radius 2 is 1.88 bits per heavy atom. The molecule has 0 saturated carbocycles. The molecular weight excluding hydrogens is 418 g/mol. The minimum Gasteiger partial charge on any atom is -0.506 e. The Labute approximate surface area is 187 Å². The smallest absolute Gasteiger partial charge is 0.306 e. The van der Waals surface area contributed by atoms with Gasteiger partial charge in [0.25, 0.3) is 5.91 Å². The van der Waals surface area contributed by atoms with Crippen molar-refractivity contribution in [2.75, 3.05) is 38.3 Å². The van der Waals surface area contributed by atoms with Gasteiger partial charge in [0.1, 0.15) is 5.75 Å². The molecular formula is C22H31N3O7. The number of terminal acetylenes is 1. The number of amides is 2. The van der Waals surface area contributed by atoms with Crippen molar-refractivity contribution >= 4 is 23.5 Å². The maximum atomic E-state index is 12.1. The third kappa shape index (κ3) is 11.3. The molecule has 0 aromatic heterocycles. The average Bonchev–Trinajstić information content (AvgIpc) is 2.74. The number of phenols is 1. The summed E-state index contributed by atoms with van der Waals surface area (Å²) < 4.78 is 10.6. The number of carbonyl (C=O) groups excluding carboxylic acids is 2. The lowest BCUT2D eigenvalue weighted by atomic mass is 9.96. The number of rotatable bonds is 15. The Balaban J connectivity index is 2.31. The number of benzene rings is 1. The van der Waals surface area contributed by atoms with Gasteiger partial charge in [-0.3, -0.25) is 14.4 Å². The van der Waals surface area contributed by atoms with Crippen LogP contribution in [0.2, 0.25) is 0 Å². The van der Waals surface area contributed by atoms with Gasteiger partial charge < -0.3 is 36.1 Å². The zero-order chi connectivity index (χ0) is 23.9. The SMILES string of the molecule is C#CC(=O)NCCOCCOCCC(=O)Nc1cc(CC(N)CC(C)C(=O)O)ccc1O. The zero-order valence-corrected chi connectivity index (χ0v) is 18.1. The van der Waals surface area contributed by atoms with Crippen LogP contribution in [-0.2, 0) is 30.3 Å². The van der Waals surface area contributed by atoms with E-state index < -0.39 is 17.8 Å². The number of carboxylic acid groups (broad SMARTS) is 1. The molecule has 0 radical (unpaired) electrons. The van der Waals surface area contributed by atoms with Gasteiger partial charge in [-0.25, -0.2) is 0 Å². The van der Waals surface area contributed by atoms with Crippen molar-refractivity contribution in [1.29, 1.82) is 0 Å². The zero-order valence-electron chi connectivity index (χ0n) is 18.1. The number of phenolic OH excluding ortho intramolecular Hbond substituents is 1. The minimum absolute atomic E-state index is 0.0809. The Morgan fingerprint density at radius 1 is 1.19 bits per heavy atom. The van der Waals surface area contributed by atoms with Crippen molar-refractivity contribution in [3.05, 3.63) is 23.8 Å². The molecule has 2 unspecified atom stereocenters. The van der Waals surface area contributed by atoms with Gasteiger partial charge in [-0.2, -0.15) is 0 Å². The van der Waals surface area contributed by atoms with Gasteiger partial charge >= 0.3 is 5.97 Å². The molecule has 6 N–H and O–H groups in total. The standard InChI is InChI=1S/C22H31N3O7/c1-3-20(27)24-7-9-32-11-10-31-8-6-21(28)25-18-14-16(4-5-19(18)26)13-17(23)12-15(2)22(29)30/h1,4-5,14-15,17,26H,6-13,23H2,2H3,(H,24,27)(H,25,28)(H,29,30). The quantitative estimate of drug-likeness (QED) is 0.147. The maximum Gasteiger partial charge on any atom is 0.306 e. The second kappa shape index (κ2) is 14.8. The van der Waals surface area contributed by atoms with E-state index in [0.29, 0.717) is 32.6 Å². The highest BCUT2D eigenvalue weighted by Crippen LogP contribution is 2.25.